The second-order valence-corrected chi connectivity index (χ2v) is 10.0. The third-order valence-electron chi connectivity index (χ3n) is 3.55. The molecule has 0 radical (unpaired) electrons. The highest BCUT2D eigenvalue weighted by molar-refractivity contribution is 8.01. The number of hydrogen-bond donors (Lipinski definition) is 1. The highest BCUT2D eigenvalue weighted by Gasteiger charge is 2.22. The molecule has 0 fully saturated rings. The van der Waals surface area contributed by atoms with Gasteiger partial charge in [0.15, 0.2) is 4.34 Å². The van der Waals surface area contributed by atoms with Crippen LogP contribution in [-0.4, -0.2) is 43.1 Å². The lowest BCUT2D eigenvalue weighted by molar-refractivity contribution is -0.114. The Balaban J connectivity index is 2.12. The summed E-state index contributed by atoms with van der Waals surface area (Å²) in [6.07, 6.45) is 2.10. The van der Waals surface area contributed by atoms with Crippen LogP contribution in [0.4, 0.5) is 10.8 Å². The third kappa shape index (κ3) is 5.68. The number of anilines is 2. The Morgan fingerprint density at radius 2 is 2.00 bits per heavy atom. The lowest BCUT2D eigenvalue weighted by Crippen LogP contribution is -2.37. The number of nitrogens with one attached hydrogen (secondary N) is 1. The predicted octanol–water partition coefficient (Wildman–Crippen LogP) is 3.06. The molecule has 0 saturated carbocycles. The Morgan fingerprint density at radius 3 is 2.62 bits per heavy atom. The summed E-state index contributed by atoms with van der Waals surface area (Å²) in [5.41, 5.74) is 2.47. The van der Waals surface area contributed by atoms with Gasteiger partial charge in [0.2, 0.25) is 21.1 Å². The van der Waals surface area contributed by atoms with E-state index in [9.17, 15) is 13.2 Å². The summed E-state index contributed by atoms with van der Waals surface area (Å²) < 4.78 is 26.2. The van der Waals surface area contributed by atoms with Crippen LogP contribution >= 0.6 is 23.1 Å². The molecule has 0 aliphatic rings. The second-order valence-electron chi connectivity index (χ2n) is 5.81. The van der Waals surface area contributed by atoms with Crippen molar-refractivity contribution in [3.05, 3.63) is 29.3 Å². The molecule has 1 amide bonds. The average Bonchev–Trinajstić information content (AvgIpc) is 2.99. The van der Waals surface area contributed by atoms with Crippen LogP contribution < -0.4 is 9.62 Å². The van der Waals surface area contributed by atoms with Gasteiger partial charge in [-0.15, -0.1) is 10.2 Å². The fourth-order valence-electron chi connectivity index (χ4n) is 2.08. The topological polar surface area (TPSA) is 92.3 Å². The Bertz CT molecular complexity index is 881. The molecule has 0 atom stereocenters. The van der Waals surface area contributed by atoms with Gasteiger partial charge in [-0.25, -0.2) is 8.42 Å². The number of amides is 1. The molecular formula is C16H22N4O3S3. The summed E-state index contributed by atoms with van der Waals surface area (Å²) in [7, 11) is -3.61. The fourth-order valence-corrected chi connectivity index (χ4v) is 4.62. The second kappa shape index (κ2) is 8.83. The first-order chi connectivity index (χ1) is 12.2. The smallest absolute Gasteiger partial charge is 0.246 e. The first-order valence-electron chi connectivity index (χ1n) is 8.02. The molecule has 2 aromatic rings. The Kier molecular flexibility index (Phi) is 7.01. The number of thioether (sulfide) groups is 1. The van der Waals surface area contributed by atoms with Crippen molar-refractivity contribution in [3.8, 4) is 0 Å². The van der Waals surface area contributed by atoms with Crippen molar-refractivity contribution in [2.45, 2.75) is 31.5 Å². The summed E-state index contributed by atoms with van der Waals surface area (Å²) in [6, 6.07) is 5.29. The third-order valence-corrected chi connectivity index (χ3v) is 6.87. The summed E-state index contributed by atoms with van der Waals surface area (Å²) in [5, 5.41) is 10.9. The molecule has 1 aromatic heterocycles. The normalized spacial score (nSPS) is 11.4. The summed E-state index contributed by atoms with van der Waals surface area (Å²) >= 11 is 2.85. The zero-order valence-electron chi connectivity index (χ0n) is 15.1. The molecule has 0 bridgehead atoms. The van der Waals surface area contributed by atoms with Crippen LogP contribution in [0.1, 0.15) is 24.5 Å². The van der Waals surface area contributed by atoms with Gasteiger partial charge in [-0.05, 0) is 43.5 Å². The van der Waals surface area contributed by atoms with Crippen molar-refractivity contribution < 1.29 is 13.2 Å². The van der Waals surface area contributed by atoms with Crippen molar-refractivity contribution in [3.63, 3.8) is 0 Å². The summed E-state index contributed by atoms with van der Waals surface area (Å²) in [6.45, 7) is 5.60. The van der Waals surface area contributed by atoms with E-state index in [2.05, 4.69) is 22.4 Å². The van der Waals surface area contributed by atoms with E-state index in [0.717, 1.165) is 38.2 Å². The van der Waals surface area contributed by atoms with Gasteiger partial charge in [0.05, 0.1) is 11.9 Å². The average molecular weight is 415 g/mol. The molecule has 1 N–H and O–H groups in total. The van der Waals surface area contributed by atoms with Crippen LogP contribution in [0, 0.1) is 13.8 Å². The zero-order valence-corrected chi connectivity index (χ0v) is 17.6. The van der Waals surface area contributed by atoms with Crippen LogP contribution in [0.2, 0.25) is 0 Å². The summed E-state index contributed by atoms with van der Waals surface area (Å²) in [4.78, 5) is 12.3. The van der Waals surface area contributed by atoms with E-state index in [0.29, 0.717) is 10.8 Å². The van der Waals surface area contributed by atoms with Gasteiger partial charge in [0, 0.05) is 5.75 Å². The monoisotopic (exact) mass is 414 g/mol. The van der Waals surface area contributed by atoms with Gasteiger partial charge >= 0.3 is 0 Å². The molecule has 0 spiro atoms. The Labute approximate surface area is 162 Å². The minimum absolute atomic E-state index is 0.321. The molecule has 2 rings (SSSR count). The lowest BCUT2D eigenvalue weighted by Gasteiger charge is -2.22. The number of nitrogens with zero attached hydrogens (tertiary/aromatic N) is 3. The molecular weight excluding hydrogens is 392 g/mol. The maximum absolute atomic E-state index is 12.3. The molecule has 142 valence electrons. The summed E-state index contributed by atoms with van der Waals surface area (Å²) in [5.74, 6) is 0.467. The quantitative estimate of drug-likeness (QED) is 0.527. The van der Waals surface area contributed by atoms with Crippen LogP contribution in [0.25, 0.3) is 0 Å². The van der Waals surface area contributed by atoms with E-state index in [1.807, 2.05) is 19.9 Å². The van der Waals surface area contributed by atoms with Gasteiger partial charge < -0.3 is 0 Å². The van der Waals surface area contributed by atoms with Crippen molar-refractivity contribution in [1.82, 2.24) is 10.2 Å². The van der Waals surface area contributed by atoms with Crippen LogP contribution in [0.15, 0.2) is 22.5 Å². The number of hydrogen-bond acceptors (Lipinski definition) is 7. The van der Waals surface area contributed by atoms with Crippen molar-refractivity contribution in [2.24, 2.45) is 0 Å². The maximum Gasteiger partial charge on any atom is 0.246 e. The van der Waals surface area contributed by atoms with E-state index < -0.39 is 15.9 Å². The standard InChI is InChI=1S/C16H22N4O3S3/c1-5-8-24-16-19-18-15(25-16)17-14(21)10-20(26(4,22)23)13-7-6-11(2)12(3)9-13/h6-7,9H,5,8,10H2,1-4H3,(H,17,18,21). The predicted molar refractivity (Wildman–Crippen MR) is 108 cm³/mol. The minimum Gasteiger partial charge on any atom is -0.299 e. The van der Waals surface area contributed by atoms with Gasteiger partial charge in [-0.3, -0.25) is 14.4 Å². The molecule has 10 heteroatoms. The number of sulfonamides is 1. The minimum atomic E-state index is -3.61. The van der Waals surface area contributed by atoms with Crippen molar-refractivity contribution >= 4 is 49.8 Å². The highest BCUT2D eigenvalue weighted by Crippen LogP contribution is 2.26. The van der Waals surface area contributed by atoms with Crippen LogP contribution in [0.3, 0.4) is 0 Å². The van der Waals surface area contributed by atoms with Crippen LogP contribution in [-0.2, 0) is 14.8 Å². The SMILES string of the molecule is CCCSc1nnc(NC(=O)CN(c2ccc(C)c(C)c2)S(C)(=O)=O)s1. The maximum atomic E-state index is 12.3. The lowest BCUT2D eigenvalue weighted by atomic mass is 10.1. The molecule has 0 aliphatic heterocycles. The van der Waals surface area contributed by atoms with Gasteiger partial charge in [0.25, 0.3) is 0 Å². The Hall–Kier alpha value is -1.65. The zero-order chi connectivity index (χ0) is 19.3. The molecule has 0 saturated heterocycles. The van der Waals surface area contributed by atoms with Crippen molar-refractivity contribution in [2.75, 3.05) is 28.2 Å². The molecule has 0 unspecified atom stereocenters. The van der Waals surface area contributed by atoms with Gasteiger partial charge in [0.1, 0.15) is 6.54 Å². The van der Waals surface area contributed by atoms with Crippen molar-refractivity contribution in [1.29, 1.82) is 0 Å². The van der Waals surface area contributed by atoms with Crippen LogP contribution in [0.5, 0.6) is 0 Å². The number of rotatable bonds is 8. The first kappa shape index (κ1) is 20.7. The van der Waals surface area contributed by atoms with E-state index in [1.165, 1.54) is 11.3 Å². The highest BCUT2D eigenvalue weighted by atomic mass is 32.2. The molecule has 1 aromatic carbocycles. The number of aromatic nitrogens is 2. The van der Waals surface area contributed by atoms with E-state index in [-0.39, 0.29) is 6.54 Å². The number of benzene rings is 1. The molecule has 7 nitrogen and oxygen atoms in total. The number of aryl methyl sites for hydroxylation is 2. The fraction of sp³-hybridized carbons (Fsp3) is 0.438. The van der Waals surface area contributed by atoms with E-state index in [4.69, 9.17) is 0 Å². The molecule has 26 heavy (non-hydrogen) atoms. The molecule has 1 heterocycles. The number of carbonyl (C=O) groups is 1. The Morgan fingerprint density at radius 1 is 1.27 bits per heavy atom. The molecule has 0 aliphatic carbocycles. The van der Waals surface area contributed by atoms with E-state index in [1.54, 1.807) is 23.9 Å². The first-order valence-corrected chi connectivity index (χ1v) is 11.7. The largest absolute Gasteiger partial charge is 0.299 e. The number of carbonyl (C=O) groups excluding carboxylic acids is 1. The van der Waals surface area contributed by atoms with Gasteiger partial charge in [-0.1, -0.05) is 36.1 Å². The van der Waals surface area contributed by atoms with E-state index >= 15 is 0 Å². The van der Waals surface area contributed by atoms with Gasteiger partial charge in [-0.2, -0.15) is 0 Å².